The molecule has 0 radical (unpaired) electrons. The molecule has 1 unspecified atom stereocenters. The number of H-pyrrole nitrogens is 2. The number of nitrogens with zero attached hydrogens (tertiary/aromatic N) is 1. The minimum atomic E-state index is -0.927. The van der Waals surface area contributed by atoms with Gasteiger partial charge in [-0.2, -0.15) is 0 Å². The lowest BCUT2D eigenvalue weighted by atomic mass is 10.1. The third kappa shape index (κ3) is 3.05. The van der Waals surface area contributed by atoms with Crippen molar-refractivity contribution in [2.45, 2.75) is 6.10 Å². The zero-order valence-corrected chi connectivity index (χ0v) is 15.8. The summed E-state index contributed by atoms with van der Waals surface area (Å²) in [4.78, 5) is 10.8. The van der Waals surface area contributed by atoms with Gasteiger partial charge >= 0.3 is 0 Å². The van der Waals surface area contributed by atoms with E-state index in [-0.39, 0.29) is 0 Å². The van der Waals surface area contributed by atoms with Crippen LogP contribution < -0.4 is 14.2 Å². The van der Waals surface area contributed by atoms with Crippen molar-refractivity contribution in [1.29, 1.82) is 0 Å². The van der Waals surface area contributed by atoms with Gasteiger partial charge in [0, 0.05) is 17.3 Å². The van der Waals surface area contributed by atoms with Gasteiger partial charge in [-0.05, 0) is 35.2 Å². The van der Waals surface area contributed by atoms with E-state index >= 15 is 0 Å². The van der Waals surface area contributed by atoms with Crippen molar-refractivity contribution >= 4 is 10.9 Å². The highest BCUT2D eigenvalue weighted by Crippen LogP contribution is 2.40. The molecule has 7 heteroatoms. The highest BCUT2D eigenvalue weighted by molar-refractivity contribution is 5.83. The molecule has 144 valence electrons. The fourth-order valence-electron chi connectivity index (χ4n) is 3.25. The van der Waals surface area contributed by atoms with Gasteiger partial charge in [-0.1, -0.05) is 12.1 Å². The van der Waals surface area contributed by atoms with Gasteiger partial charge in [-0.25, -0.2) is 4.98 Å². The summed E-state index contributed by atoms with van der Waals surface area (Å²) in [5.41, 5.74) is 3.12. The number of methoxy groups -OCH3 is 3. The smallest absolute Gasteiger partial charge is 0.203 e. The summed E-state index contributed by atoms with van der Waals surface area (Å²) in [7, 11) is 4.62. The number of hydrogen-bond acceptors (Lipinski definition) is 5. The molecule has 0 spiro atoms. The first kappa shape index (κ1) is 17.9. The number of benzene rings is 2. The third-order valence-corrected chi connectivity index (χ3v) is 4.72. The Hall–Kier alpha value is -3.45. The molecular formula is C21H21N3O4. The van der Waals surface area contributed by atoms with Crippen molar-refractivity contribution in [3.63, 3.8) is 0 Å². The summed E-state index contributed by atoms with van der Waals surface area (Å²) in [6.45, 7) is 0. The summed E-state index contributed by atoms with van der Waals surface area (Å²) in [6.07, 6.45) is 2.60. The molecular weight excluding hydrogens is 358 g/mol. The number of hydrogen-bond donors (Lipinski definition) is 3. The average molecular weight is 379 g/mol. The van der Waals surface area contributed by atoms with Crippen LogP contribution in [-0.2, 0) is 0 Å². The summed E-state index contributed by atoms with van der Waals surface area (Å²) >= 11 is 0. The largest absolute Gasteiger partial charge is 0.493 e. The van der Waals surface area contributed by atoms with E-state index in [9.17, 15) is 5.11 Å². The predicted molar refractivity (Wildman–Crippen MR) is 106 cm³/mol. The number of aliphatic hydroxyl groups excluding tert-OH is 1. The molecule has 7 nitrogen and oxygen atoms in total. The van der Waals surface area contributed by atoms with Crippen LogP contribution in [0, 0.1) is 0 Å². The number of aromatic amines is 2. The average Bonchev–Trinajstić information content (AvgIpc) is 3.40. The van der Waals surface area contributed by atoms with Gasteiger partial charge in [0.1, 0.15) is 11.9 Å². The Morgan fingerprint density at radius 1 is 0.964 bits per heavy atom. The van der Waals surface area contributed by atoms with Gasteiger partial charge in [0.05, 0.1) is 33.2 Å². The van der Waals surface area contributed by atoms with Crippen molar-refractivity contribution in [1.82, 2.24) is 15.0 Å². The molecule has 2 heterocycles. The molecule has 2 aromatic carbocycles. The third-order valence-electron chi connectivity index (χ3n) is 4.72. The number of aromatic nitrogens is 3. The van der Waals surface area contributed by atoms with Crippen LogP contribution in [0.25, 0.3) is 22.3 Å². The Labute approximate surface area is 161 Å². The number of nitrogens with one attached hydrogen (secondary N) is 2. The van der Waals surface area contributed by atoms with Gasteiger partial charge in [-0.3, -0.25) is 0 Å². The van der Waals surface area contributed by atoms with E-state index in [0.717, 1.165) is 16.5 Å². The maximum Gasteiger partial charge on any atom is 0.203 e. The fourth-order valence-corrected chi connectivity index (χ4v) is 3.25. The summed E-state index contributed by atoms with van der Waals surface area (Å²) in [5, 5.41) is 12.0. The molecule has 0 amide bonds. The molecule has 4 rings (SSSR count). The van der Waals surface area contributed by atoms with Crippen molar-refractivity contribution in [2.75, 3.05) is 21.3 Å². The Morgan fingerprint density at radius 2 is 1.71 bits per heavy atom. The molecule has 3 N–H and O–H groups in total. The van der Waals surface area contributed by atoms with Crippen molar-refractivity contribution in [3.05, 3.63) is 60.0 Å². The molecule has 28 heavy (non-hydrogen) atoms. The first-order valence-electron chi connectivity index (χ1n) is 8.75. The summed E-state index contributed by atoms with van der Waals surface area (Å²) in [6, 6.07) is 11.5. The van der Waals surface area contributed by atoms with Gasteiger partial charge < -0.3 is 29.3 Å². The van der Waals surface area contributed by atoms with Crippen LogP contribution in [0.1, 0.15) is 17.4 Å². The normalized spacial score (nSPS) is 12.1. The monoisotopic (exact) mass is 379 g/mol. The van der Waals surface area contributed by atoms with E-state index in [4.69, 9.17) is 14.2 Å². The SMILES string of the molecule is COc1cc(C(O)c2cnc(-c3ccc4cc[nH]c4c3)[nH]2)cc(OC)c1OC. The number of fused-ring (bicyclic) bond motifs is 1. The molecule has 0 fully saturated rings. The van der Waals surface area contributed by atoms with Crippen molar-refractivity contribution in [2.24, 2.45) is 0 Å². The zero-order valence-electron chi connectivity index (χ0n) is 15.8. The van der Waals surface area contributed by atoms with Crippen molar-refractivity contribution in [3.8, 4) is 28.6 Å². The maximum atomic E-state index is 10.9. The van der Waals surface area contributed by atoms with E-state index in [1.165, 1.54) is 0 Å². The molecule has 4 aromatic rings. The number of ether oxygens (including phenoxy) is 3. The van der Waals surface area contributed by atoms with Crippen molar-refractivity contribution < 1.29 is 19.3 Å². The lowest BCUT2D eigenvalue weighted by Crippen LogP contribution is -2.03. The van der Waals surface area contributed by atoms with Crippen LogP contribution in [0.4, 0.5) is 0 Å². The Morgan fingerprint density at radius 3 is 2.39 bits per heavy atom. The number of aliphatic hydroxyl groups is 1. The summed E-state index contributed by atoms with van der Waals surface area (Å²) in [5.74, 6) is 2.11. The van der Waals surface area contributed by atoms with E-state index in [1.807, 2.05) is 30.5 Å². The second-order valence-electron chi connectivity index (χ2n) is 6.33. The lowest BCUT2D eigenvalue weighted by Gasteiger charge is -2.16. The maximum absolute atomic E-state index is 10.9. The molecule has 2 aromatic heterocycles. The molecule has 0 aliphatic carbocycles. The standard InChI is InChI=1S/C21H21N3O4/c1-26-17-9-14(10-18(27-2)20(17)28-3)19(25)16-11-23-21(24-16)13-5-4-12-6-7-22-15(12)8-13/h4-11,19,22,25H,1-3H3,(H,23,24). The molecule has 0 aliphatic heterocycles. The first-order chi connectivity index (χ1) is 13.6. The number of imidazole rings is 1. The zero-order chi connectivity index (χ0) is 19.7. The number of rotatable bonds is 6. The van der Waals surface area contributed by atoms with E-state index in [0.29, 0.717) is 34.3 Å². The molecule has 0 aliphatic rings. The first-order valence-corrected chi connectivity index (χ1v) is 8.75. The topological polar surface area (TPSA) is 92.4 Å². The lowest BCUT2D eigenvalue weighted by molar-refractivity contribution is 0.214. The highest BCUT2D eigenvalue weighted by atomic mass is 16.5. The van der Waals surface area contributed by atoms with Gasteiger partial charge in [-0.15, -0.1) is 0 Å². The summed E-state index contributed by atoms with van der Waals surface area (Å²) < 4.78 is 16.1. The second-order valence-corrected chi connectivity index (χ2v) is 6.33. The Balaban J connectivity index is 1.68. The van der Waals surface area contributed by atoms with Gasteiger partial charge in [0.25, 0.3) is 0 Å². The van der Waals surface area contributed by atoms with Crippen LogP contribution in [0.3, 0.4) is 0 Å². The van der Waals surface area contributed by atoms with Crippen LogP contribution in [-0.4, -0.2) is 41.4 Å². The predicted octanol–water partition coefficient (Wildman–Crippen LogP) is 3.67. The Kier molecular flexibility index (Phi) is 4.67. The minimum Gasteiger partial charge on any atom is -0.493 e. The molecule has 1 atom stereocenters. The Bertz CT molecular complexity index is 1090. The molecule has 0 saturated carbocycles. The van der Waals surface area contributed by atoms with Gasteiger partial charge in [0.2, 0.25) is 5.75 Å². The van der Waals surface area contributed by atoms with Gasteiger partial charge in [0.15, 0.2) is 11.5 Å². The fraction of sp³-hybridized carbons (Fsp3) is 0.190. The molecule has 0 bridgehead atoms. The van der Waals surface area contributed by atoms with E-state index in [1.54, 1.807) is 39.7 Å². The van der Waals surface area contributed by atoms with Crippen LogP contribution in [0.5, 0.6) is 17.2 Å². The second kappa shape index (κ2) is 7.28. The highest BCUT2D eigenvalue weighted by Gasteiger charge is 2.20. The minimum absolute atomic E-state index is 0.477. The van der Waals surface area contributed by atoms with E-state index < -0.39 is 6.10 Å². The van der Waals surface area contributed by atoms with Crippen LogP contribution >= 0.6 is 0 Å². The molecule has 0 saturated heterocycles. The van der Waals surface area contributed by atoms with Crippen LogP contribution in [0.2, 0.25) is 0 Å². The quantitative estimate of drug-likeness (QED) is 0.475. The van der Waals surface area contributed by atoms with E-state index in [2.05, 4.69) is 15.0 Å². The van der Waals surface area contributed by atoms with Crippen LogP contribution in [0.15, 0.2) is 48.8 Å².